The van der Waals surface area contributed by atoms with Gasteiger partial charge in [0.2, 0.25) is 0 Å². The van der Waals surface area contributed by atoms with Gasteiger partial charge in [0.15, 0.2) is 0 Å². The average Bonchev–Trinajstić information content (AvgIpc) is 2.70. The van der Waals surface area contributed by atoms with E-state index in [-0.39, 0.29) is 13.5 Å². The Labute approximate surface area is 183 Å². The Bertz CT molecular complexity index is 1080. The van der Waals surface area contributed by atoms with Crippen LogP contribution in [0.1, 0.15) is 38.2 Å². The van der Waals surface area contributed by atoms with Crippen LogP contribution >= 0.6 is 29.4 Å². The van der Waals surface area contributed by atoms with Crippen LogP contribution in [0.25, 0.3) is 32.7 Å². The lowest BCUT2D eigenvalue weighted by Crippen LogP contribution is -1.87. The van der Waals surface area contributed by atoms with E-state index in [1.807, 2.05) is 0 Å². The van der Waals surface area contributed by atoms with Crippen molar-refractivity contribution in [1.29, 1.82) is 0 Å². The Morgan fingerprint density at radius 2 is 1.21 bits per heavy atom. The van der Waals surface area contributed by atoms with Crippen LogP contribution in [-0.4, -0.2) is 0 Å². The summed E-state index contributed by atoms with van der Waals surface area (Å²) in [4.78, 5) is 0. The third-order valence-electron chi connectivity index (χ3n) is 5.36. The Balaban J connectivity index is 0.00000225. The maximum atomic E-state index is 3.58. The second kappa shape index (κ2) is 9.62. The smallest absolute Gasteiger partial charge is 0.0181 e. The highest BCUT2D eigenvalue weighted by molar-refractivity contribution is 9.10. The summed E-state index contributed by atoms with van der Waals surface area (Å²) in [6.45, 7) is 2.27. The topological polar surface area (TPSA) is 0 Å². The van der Waals surface area contributed by atoms with Gasteiger partial charge in [0.1, 0.15) is 0 Å². The van der Waals surface area contributed by atoms with E-state index in [0.717, 1.165) is 4.47 Å². The van der Waals surface area contributed by atoms with Gasteiger partial charge in [0.05, 0.1) is 0 Å². The van der Waals surface area contributed by atoms with Gasteiger partial charge in [0.25, 0.3) is 0 Å². The van der Waals surface area contributed by atoms with Crippen molar-refractivity contribution < 1.29 is 0 Å². The first-order valence-corrected chi connectivity index (χ1v) is 10.7. The lowest BCUT2D eigenvalue weighted by molar-refractivity contribution is 0.667. The monoisotopic (exact) mass is 450 g/mol. The Morgan fingerprint density at radius 3 is 1.89 bits per heavy atom. The van der Waals surface area contributed by atoms with Crippen molar-refractivity contribution in [3.63, 3.8) is 0 Å². The van der Waals surface area contributed by atoms with Gasteiger partial charge in [0, 0.05) is 4.47 Å². The molecule has 0 N–H and O–H groups in total. The van der Waals surface area contributed by atoms with E-state index in [1.165, 1.54) is 70.3 Å². The molecule has 0 saturated heterocycles. The zero-order valence-corrected chi connectivity index (χ0v) is 18.9. The fraction of sp³-hybridized carbons (Fsp3) is 0.231. The molecule has 0 heterocycles. The Hall–Kier alpha value is -1.77. The number of hydrogen-bond acceptors (Lipinski definition) is 0. The van der Waals surface area contributed by atoms with Crippen LogP contribution in [0.4, 0.5) is 0 Å². The second-order valence-electron chi connectivity index (χ2n) is 7.41. The Kier molecular flexibility index (Phi) is 7.20. The molecule has 0 unspecified atom stereocenters. The minimum Gasteiger partial charge on any atom is -0.197 e. The molecule has 0 fully saturated rings. The van der Waals surface area contributed by atoms with Crippen LogP contribution in [0.3, 0.4) is 0 Å². The quantitative estimate of drug-likeness (QED) is 0.257. The summed E-state index contributed by atoms with van der Waals surface area (Å²) >= 11 is 3.58. The molecule has 0 bridgehead atoms. The van der Waals surface area contributed by atoms with Gasteiger partial charge in [-0.1, -0.05) is 90.6 Å². The van der Waals surface area contributed by atoms with Crippen LogP contribution in [0.5, 0.6) is 0 Å². The number of benzene rings is 4. The van der Waals surface area contributed by atoms with Gasteiger partial charge in [-0.2, -0.15) is 13.5 Å². The van der Waals surface area contributed by atoms with Gasteiger partial charge in [-0.25, -0.2) is 0 Å². The first-order chi connectivity index (χ1) is 13.2. The van der Waals surface area contributed by atoms with Crippen LogP contribution in [0.2, 0.25) is 0 Å². The fourth-order valence-electron chi connectivity index (χ4n) is 3.78. The lowest BCUT2D eigenvalue weighted by atomic mass is 9.97. The lowest BCUT2D eigenvalue weighted by Gasteiger charge is -2.08. The summed E-state index contributed by atoms with van der Waals surface area (Å²) in [6.07, 6.45) is 6.45. The van der Waals surface area contributed by atoms with E-state index in [2.05, 4.69) is 95.7 Å². The van der Waals surface area contributed by atoms with Crippen molar-refractivity contribution in [3.05, 3.63) is 82.8 Å². The molecule has 4 aromatic rings. The van der Waals surface area contributed by atoms with Crippen molar-refractivity contribution >= 4 is 51.0 Å². The summed E-state index contributed by atoms with van der Waals surface area (Å²) < 4.78 is 1.12. The van der Waals surface area contributed by atoms with Crippen LogP contribution in [0, 0.1) is 0 Å². The maximum Gasteiger partial charge on any atom is 0.0181 e. The molecule has 0 aromatic heterocycles. The molecule has 0 aliphatic heterocycles. The van der Waals surface area contributed by atoms with Gasteiger partial charge in [-0.15, -0.1) is 0 Å². The largest absolute Gasteiger partial charge is 0.197 e. The third kappa shape index (κ3) is 4.79. The molecule has 0 saturated carbocycles. The average molecular weight is 451 g/mol. The van der Waals surface area contributed by atoms with Crippen molar-refractivity contribution in [2.75, 3.05) is 0 Å². The molecular weight excluding hydrogens is 424 g/mol. The van der Waals surface area contributed by atoms with Gasteiger partial charge < -0.3 is 0 Å². The number of hydrogen-bond donors (Lipinski definition) is 0. The SMILES string of the molecule is CCCCCCc1ccc2ccc(-c3ccc4ccc(Br)cc4c3)cc2c1.S. The van der Waals surface area contributed by atoms with E-state index in [4.69, 9.17) is 0 Å². The van der Waals surface area contributed by atoms with E-state index in [1.54, 1.807) is 0 Å². The van der Waals surface area contributed by atoms with Crippen molar-refractivity contribution in [2.24, 2.45) is 0 Å². The molecule has 0 atom stereocenters. The predicted molar refractivity (Wildman–Crippen MR) is 133 cm³/mol. The fourth-order valence-corrected chi connectivity index (χ4v) is 4.16. The summed E-state index contributed by atoms with van der Waals surface area (Å²) in [6, 6.07) is 26.9. The molecule has 0 aliphatic carbocycles. The normalized spacial score (nSPS) is 10.9. The summed E-state index contributed by atoms with van der Waals surface area (Å²) in [5.41, 5.74) is 4.02. The molecule has 28 heavy (non-hydrogen) atoms. The molecule has 0 amide bonds. The number of rotatable bonds is 6. The van der Waals surface area contributed by atoms with Crippen LogP contribution in [-0.2, 0) is 6.42 Å². The molecule has 0 spiro atoms. The van der Waals surface area contributed by atoms with Crippen molar-refractivity contribution in [2.45, 2.75) is 39.0 Å². The molecule has 0 nitrogen and oxygen atoms in total. The minimum atomic E-state index is 0. The van der Waals surface area contributed by atoms with E-state index in [0.29, 0.717) is 0 Å². The highest BCUT2D eigenvalue weighted by Gasteiger charge is 2.04. The standard InChI is InChI=1S/C26H25Br.H2S/c1-2-3-4-5-6-19-7-8-20-9-11-22(16-24(20)15-19)23-12-10-21-13-14-26(27)18-25(21)17-23;/h7-18H,2-6H2,1H3;1H2. The zero-order chi connectivity index (χ0) is 18.6. The predicted octanol–water partition coefficient (Wildman–Crippen LogP) is 8.66. The molecule has 2 heteroatoms. The highest BCUT2D eigenvalue weighted by Crippen LogP contribution is 2.29. The summed E-state index contributed by atoms with van der Waals surface area (Å²) in [7, 11) is 0. The van der Waals surface area contributed by atoms with E-state index < -0.39 is 0 Å². The number of aryl methyl sites for hydroxylation is 1. The van der Waals surface area contributed by atoms with Crippen LogP contribution in [0.15, 0.2) is 77.3 Å². The van der Waals surface area contributed by atoms with E-state index in [9.17, 15) is 0 Å². The molecule has 0 radical (unpaired) electrons. The first-order valence-electron chi connectivity index (χ1n) is 9.95. The van der Waals surface area contributed by atoms with Gasteiger partial charge >= 0.3 is 0 Å². The number of halogens is 1. The molecule has 0 aliphatic rings. The molecular formula is C26H27BrS. The summed E-state index contributed by atoms with van der Waals surface area (Å²) in [5.74, 6) is 0. The molecule has 4 aromatic carbocycles. The van der Waals surface area contributed by atoms with Crippen molar-refractivity contribution in [3.8, 4) is 11.1 Å². The van der Waals surface area contributed by atoms with Crippen LogP contribution < -0.4 is 0 Å². The first kappa shape index (κ1) is 21.0. The maximum absolute atomic E-state index is 3.58. The van der Waals surface area contributed by atoms with Crippen molar-refractivity contribution in [1.82, 2.24) is 0 Å². The number of unbranched alkanes of at least 4 members (excludes halogenated alkanes) is 3. The van der Waals surface area contributed by atoms with E-state index >= 15 is 0 Å². The van der Waals surface area contributed by atoms with Gasteiger partial charge in [-0.05, 0) is 75.3 Å². The second-order valence-corrected chi connectivity index (χ2v) is 8.33. The zero-order valence-electron chi connectivity index (χ0n) is 16.3. The van der Waals surface area contributed by atoms with Gasteiger partial charge in [-0.3, -0.25) is 0 Å². The highest BCUT2D eigenvalue weighted by atomic mass is 79.9. The summed E-state index contributed by atoms with van der Waals surface area (Å²) in [5, 5.41) is 5.21. The Morgan fingerprint density at radius 1 is 0.607 bits per heavy atom. The molecule has 4 rings (SSSR count). The minimum absolute atomic E-state index is 0. The third-order valence-corrected chi connectivity index (χ3v) is 5.85. The number of fused-ring (bicyclic) bond motifs is 2. The molecule has 144 valence electrons.